The number of anilines is 1. The molecule has 0 bridgehead atoms. The smallest absolute Gasteiger partial charge is 0.324 e. The van der Waals surface area contributed by atoms with Gasteiger partial charge in [-0.25, -0.2) is 4.79 Å². The molecule has 7 heteroatoms. The van der Waals surface area contributed by atoms with Crippen molar-refractivity contribution >= 4 is 22.5 Å². The second-order valence-electron chi connectivity index (χ2n) is 5.18. The van der Waals surface area contributed by atoms with Gasteiger partial charge in [-0.15, -0.1) is 10.2 Å². The number of amides is 2. The number of urea groups is 1. The third-order valence-electron chi connectivity index (χ3n) is 2.85. The first-order chi connectivity index (χ1) is 9.10. The average molecular weight is 284 g/mol. The van der Waals surface area contributed by atoms with E-state index in [0.29, 0.717) is 17.6 Å². The van der Waals surface area contributed by atoms with E-state index in [1.807, 2.05) is 0 Å². The van der Waals surface area contributed by atoms with Gasteiger partial charge in [-0.3, -0.25) is 5.32 Å². The lowest BCUT2D eigenvalue weighted by molar-refractivity contribution is 0.185. The van der Waals surface area contributed by atoms with Crippen LogP contribution in [0.5, 0.6) is 0 Å². The third kappa shape index (κ3) is 4.14. The van der Waals surface area contributed by atoms with Gasteiger partial charge in [0.15, 0.2) is 0 Å². The molecule has 19 heavy (non-hydrogen) atoms. The standard InChI is InChI=1S/C12H20N4O2S/c1-8(2)7-10-14-15-11(19-10)13-12(18)16(5-6-17)9-3-4-9/h8-9,17H,3-7H2,1-2H3,(H,13,15,18). The van der Waals surface area contributed by atoms with E-state index in [9.17, 15) is 4.79 Å². The summed E-state index contributed by atoms with van der Waals surface area (Å²) in [6.07, 6.45) is 2.90. The molecule has 1 fully saturated rings. The van der Waals surface area contributed by atoms with Gasteiger partial charge in [-0.05, 0) is 18.8 Å². The van der Waals surface area contributed by atoms with Crippen LogP contribution >= 0.6 is 11.3 Å². The summed E-state index contributed by atoms with van der Waals surface area (Å²) in [5.74, 6) is 0.522. The van der Waals surface area contributed by atoms with Crippen molar-refractivity contribution in [2.45, 2.75) is 39.2 Å². The highest BCUT2D eigenvalue weighted by molar-refractivity contribution is 7.15. The van der Waals surface area contributed by atoms with Gasteiger partial charge >= 0.3 is 6.03 Å². The van der Waals surface area contributed by atoms with Crippen molar-refractivity contribution in [1.82, 2.24) is 15.1 Å². The fourth-order valence-electron chi connectivity index (χ4n) is 1.84. The number of hydrogen-bond acceptors (Lipinski definition) is 5. The van der Waals surface area contributed by atoms with Gasteiger partial charge in [-0.2, -0.15) is 0 Å². The average Bonchev–Trinajstić information content (AvgIpc) is 3.08. The zero-order valence-corrected chi connectivity index (χ0v) is 12.1. The van der Waals surface area contributed by atoms with Crippen LogP contribution in [0.15, 0.2) is 0 Å². The molecule has 1 aliphatic carbocycles. The number of rotatable bonds is 6. The summed E-state index contributed by atoms with van der Waals surface area (Å²) in [5.41, 5.74) is 0. The Morgan fingerprint density at radius 3 is 2.84 bits per heavy atom. The van der Waals surface area contributed by atoms with Crippen molar-refractivity contribution in [2.24, 2.45) is 5.92 Å². The maximum Gasteiger partial charge on any atom is 0.324 e. The van der Waals surface area contributed by atoms with E-state index in [1.54, 1.807) is 4.90 Å². The lowest BCUT2D eigenvalue weighted by Gasteiger charge is -2.20. The van der Waals surface area contributed by atoms with Crippen LogP contribution in [-0.4, -0.2) is 45.4 Å². The predicted molar refractivity (Wildman–Crippen MR) is 74.3 cm³/mol. The van der Waals surface area contributed by atoms with Crippen LogP contribution in [0.4, 0.5) is 9.93 Å². The highest BCUT2D eigenvalue weighted by atomic mass is 32.1. The number of aliphatic hydroxyl groups excluding tert-OH is 1. The van der Waals surface area contributed by atoms with Gasteiger partial charge < -0.3 is 10.0 Å². The summed E-state index contributed by atoms with van der Waals surface area (Å²) in [7, 11) is 0. The maximum absolute atomic E-state index is 12.1. The van der Waals surface area contributed by atoms with Crippen LogP contribution in [0.2, 0.25) is 0 Å². The second-order valence-corrected chi connectivity index (χ2v) is 6.24. The van der Waals surface area contributed by atoms with E-state index >= 15 is 0 Å². The third-order valence-corrected chi connectivity index (χ3v) is 3.71. The fourth-order valence-corrected chi connectivity index (χ4v) is 2.78. The van der Waals surface area contributed by atoms with Crippen molar-refractivity contribution in [2.75, 3.05) is 18.5 Å². The van der Waals surface area contributed by atoms with Gasteiger partial charge in [0.1, 0.15) is 5.01 Å². The molecule has 0 atom stereocenters. The topological polar surface area (TPSA) is 78.4 Å². The predicted octanol–water partition coefficient (Wildman–Crippen LogP) is 1.73. The molecule has 0 saturated heterocycles. The molecule has 1 aliphatic rings. The monoisotopic (exact) mass is 284 g/mol. The number of hydrogen-bond donors (Lipinski definition) is 2. The summed E-state index contributed by atoms with van der Waals surface area (Å²) < 4.78 is 0. The Kier molecular flexibility index (Phi) is 4.71. The summed E-state index contributed by atoms with van der Waals surface area (Å²) in [6, 6.07) is 0.0824. The normalized spacial score (nSPS) is 14.7. The van der Waals surface area contributed by atoms with Crippen LogP contribution in [0.25, 0.3) is 0 Å². The fraction of sp³-hybridized carbons (Fsp3) is 0.750. The zero-order valence-electron chi connectivity index (χ0n) is 11.3. The molecule has 1 aromatic heterocycles. The van der Waals surface area contributed by atoms with Crippen LogP contribution in [0.1, 0.15) is 31.7 Å². The van der Waals surface area contributed by atoms with Crippen molar-refractivity contribution in [3.8, 4) is 0 Å². The highest BCUT2D eigenvalue weighted by Gasteiger charge is 2.32. The van der Waals surface area contributed by atoms with Crippen LogP contribution < -0.4 is 5.32 Å². The van der Waals surface area contributed by atoms with Crippen molar-refractivity contribution in [3.63, 3.8) is 0 Å². The molecule has 2 amide bonds. The number of carbonyl (C=O) groups is 1. The summed E-state index contributed by atoms with van der Waals surface area (Å²) in [6.45, 7) is 4.60. The number of aromatic nitrogens is 2. The molecule has 1 saturated carbocycles. The Balaban J connectivity index is 1.91. The molecule has 0 radical (unpaired) electrons. The molecule has 0 aromatic carbocycles. The molecule has 2 N–H and O–H groups in total. The molecule has 1 aromatic rings. The SMILES string of the molecule is CC(C)Cc1nnc(NC(=O)N(CCO)C2CC2)s1. The Bertz CT molecular complexity index is 431. The number of nitrogens with one attached hydrogen (secondary N) is 1. The largest absolute Gasteiger partial charge is 0.395 e. The van der Waals surface area contributed by atoms with Gasteiger partial charge in [0.05, 0.1) is 6.61 Å². The van der Waals surface area contributed by atoms with Crippen molar-refractivity contribution in [3.05, 3.63) is 5.01 Å². The maximum atomic E-state index is 12.1. The minimum atomic E-state index is -0.191. The number of carbonyl (C=O) groups excluding carboxylic acids is 1. The van der Waals surface area contributed by atoms with E-state index in [1.165, 1.54) is 11.3 Å². The highest BCUT2D eigenvalue weighted by Crippen LogP contribution is 2.27. The van der Waals surface area contributed by atoms with Gasteiger partial charge in [0, 0.05) is 19.0 Å². The number of nitrogens with zero attached hydrogens (tertiary/aromatic N) is 3. The summed E-state index contributed by atoms with van der Waals surface area (Å²) >= 11 is 1.41. The molecular formula is C12H20N4O2S. The van der Waals surface area contributed by atoms with Gasteiger partial charge in [0.2, 0.25) is 5.13 Å². The van der Waals surface area contributed by atoms with Crippen molar-refractivity contribution in [1.29, 1.82) is 0 Å². The van der Waals surface area contributed by atoms with Crippen LogP contribution in [0.3, 0.4) is 0 Å². The Morgan fingerprint density at radius 1 is 1.53 bits per heavy atom. The molecule has 106 valence electrons. The number of aliphatic hydroxyl groups is 1. The van der Waals surface area contributed by atoms with E-state index in [4.69, 9.17) is 5.11 Å². The molecule has 0 aliphatic heterocycles. The molecule has 6 nitrogen and oxygen atoms in total. The quantitative estimate of drug-likeness (QED) is 0.834. The molecule has 1 heterocycles. The molecule has 0 spiro atoms. The minimum absolute atomic E-state index is 0.0152. The van der Waals surface area contributed by atoms with Gasteiger partial charge in [0.25, 0.3) is 0 Å². The zero-order chi connectivity index (χ0) is 13.8. The summed E-state index contributed by atoms with van der Waals surface area (Å²) in [5, 5.41) is 21.3. The first-order valence-corrected chi connectivity index (χ1v) is 7.42. The second kappa shape index (κ2) is 6.29. The molecular weight excluding hydrogens is 264 g/mol. The Labute approximate surface area is 116 Å². The van der Waals surface area contributed by atoms with E-state index in [0.717, 1.165) is 24.3 Å². The lowest BCUT2D eigenvalue weighted by atomic mass is 10.1. The van der Waals surface area contributed by atoms with Crippen molar-refractivity contribution < 1.29 is 9.90 Å². The van der Waals surface area contributed by atoms with Gasteiger partial charge in [-0.1, -0.05) is 25.2 Å². The van der Waals surface area contributed by atoms with E-state index in [2.05, 4.69) is 29.4 Å². The summed E-state index contributed by atoms with van der Waals surface area (Å²) in [4.78, 5) is 13.7. The molecule has 0 unspecified atom stereocenters. The van der Waals surface area contributed by atoms with E-state index < -0.39 is 0 Å². The Hall–Kier alpha value is -1.21. The van der Waals surface area contributed by atoms with Crippen LogP contribution in [-0.2, 0) is 6.42 Å². The van der Waals surface area contributed by atoms with Crippen LogP contribution in [0, 0.1) is 5.92 Å². The lowest BCUT2D eigenvalue weighted by Crippen LogP contribution is -2.38. The first kappa shape index (κ1) is 14.2. The Morgan fingerprint density at radius 2 is 2.26 bits per heavy atom. The molecule has 2 rings (SSSR count). The minimum Gasteiger partial charge on any atom is -0.395 e. The van der Waals surface area contributed by atoms with E-state index in [-0.39, 0.29) is 18.7 Å². The first-order valence-electron chi connectivity index (χ1n) is 6.61.